The summed E-state index contributed by atoms with van der Waals surface area (Å²) < 4.78 is 0. The first kappa shape index (κ1) is 14.6. The lowest BCUT2D eigenvalue weighted by molar-refractivity contribution is -0.384. The first-order chi connectivity index (χ1) is 8.35. The minimum absolute atomic E-state index is 0.0941. The predicted molar refractivity (Wildman–Crippen MR) is 70.4 cm³/mol. The lowest BCUT2D eigenvalue weighted by atomic mass is 9.94. The molecule has 2 N–H and O–H groups in total. The first-order valence-corrected chi connectivity index (χ1v) is 5.94. The Morgan fingerprint density at radius 1 is 1.39 bits per heavy atom. The van der Waals surface area contributed by atoms with Crippen molar-refractivity contribution in [3.63, 3.8) is 0 Å². The monoisotopic (exact) mass is 252 g/mol. The van der Waals surface area contributed by atoms with E-state index in [-0.39, 0.29) is 23.8 Å². The van der Waals surface area contributed by atoms with E-state index >= 15 is 0 Å². The van der Waals surface area contributed by atoms with Gasteiger partial charge in [0.15, 0.2) is 0 Å². The largest absolute Gasteiger partial charge is 0.396 e. The Kier molecular flexibility index (Phi) is 4.81. The zero-order valence-corrected chi connectivity index (χ0v) is 11.0. The number of aliphatic hydroxyl groups is 1. The Balaban J connectivity index is 2.62. The molecular weight excluding hydrogens is 232 g/mol. The van der Waals surface area contributed by atoms with Crippen LogP contribution in [-0.4, -0.2) is 23.2 Å². The molecule has 5 nitrogen and oxygen atoms in total. The van der Waals surface area contributed by atoms with Crippen LogP contribution in [0.25, 0.3) is 0 Å². The van der Waals surface area contributed by atoms with Gasteiger partial charge in [-0.15, -0.1) is 0 Å². The van der Waals surface area contributed by atoms with Gasteiger partial charge in [-0.25, -0.2) is 0 Å². The Morgan fingerprint density at radius 3 is 2.39 bits per heavy atom. The van der Waals surface area contributed by atoms with E-state index in [2.05, 4.69) is 5.32 Å². The highest BCUT2D eigenvalue weighted by Crippen LogP contribution is 2.19. The van der Waals surface area contributed by atoms with Crippen molar-refractivity contribution < 1.29 is 10.0 Å². The van der Waals surface area contributed by atoms with E-state index in [1.807, 2.05) is 20.8 Å². The number of nitrogens with one attached hydrogen (secondary N) is 1. The summed E-state index contributed by atoms with van der Waals surface area (Å²) in [5.74, 6) is 0. The molecule has 0 fully saturated rings. The number of hydrogen-bond acceptors (Lipinski definition) is 4. The summed E-state index contributed by atoms with van der Waals surface area (Å²) >= 11 is 0. The summed E-state index contributed by atoms with van der Waals surface area (Å²) in [6.45, 7) is 6.74. The maximum absolute atomic E-state index is 10.5. The average Bonchev–Trinajstić information content (AvgIpc) is 2.36. The second kappa shape index (κ2) is 5.93. The zero-order chi connectivity index (χ0) is 13.8. The van der Waals surface area contributed by atoms with Crippen LogP contribution in [0.3, 0.4) is 0 Å². The molecule has 1 unspecified atom stereocenters. The Bertz CT molecular complexity index is 401. The molecule has 0 bridgehead atoms. The highest BCUT2D eigenvalue weighted by molar-refractivity contribution is 5.34. The summed E-state index contributed by atoms with van der Waals surface area (Å²) in [4.78, 5) is 10.1. The smallest absolute Gasteiger partial charge is 0.269 e. The predicted octanol–water partition coefficient (Wildman–Crippen LogP) is 2.26. The maximum atomic E-state index is 10.5. The Labute approximate surface area is 107 Å². The number of aliphatic hydroxyl groups excluding tert-OH is 1. The molecule has 100 valence electrons. The minimum atomic E-state index is -0.406. The highest BCUT2D eigenvalue weighted by atomic mass is 16.6. The quantitative estimate of drug-likeness (QED) is 0.601. The standard InChI is InChI=1S/C13H20N2O3/c1-10(14-8-13(2,3)9-16)11-4-6-12(7-5-11)15(17)18/h4-7,10,14,16H,8-9H2,1-3H3. The van der Waals surface area contributed by atoms with Crippen LogP contribution in [0.4, 0.5) is 5.69 Å². The van der Waals surface area contributed by atoms with E-state index in [1.54, 1.807) is 12.1 Å². The van der Waals surface area contributed by atoms with Crippen LogP contribution >= 0.6 is 0 Å². The third kappa shape index (κ3) is 4.09. The molecule has 1 rings (SSSR count). The first-order valence-electron chi connectivity index (χ1n) is 5.94. The molecule has 0 radical (unpaired) electrons. The van der Waals surface area contributed by atoms with Crippen LogP contribution in [0.2, 0.25) is 0 Å². The second-order valence-electron chi connectivity index (χ2n) is 5.27. The van der Waals surface area contributed by atoms with E-state index in [1.165, 1.54) is 12.1 Å². The van der Waals surface area contributed by atoms with Crippen molar-refractivity contribution in [3.8, 4) is 0 Å². The summed E-state index contributed by atoms with van der Waals surface area (Å²) in [5, 5.41) is 23.0. The fourth-order valence-corrected chi connectivity index (χ4v) is 1.49. The van der Waals surface area contributed by atoms with E-state index in [9.17, 15) is 10.1 Å². The lowest BCUT2D eigenvalue weighted by Crippen LogP contribution is -2.33. The topological polar surface area (TPSA) is 75.4 Å². The van der Waals surface area contributed by atoms with Crippen LogP contribution in [0, 0.1) is 15.5 Å². The highest BCUT2D eigenvalue weighted by Gasteiger charge is 2.17. The number of benzene rings is 1. The van der Waals surface area contributed by atoms with E-state index in [0.29, 0.717) is 6.54 Å². The summed E-state index contributed by atoms with van der Waals surface area (Å²) in [6, 6.07) is 6.61. The Hall–Kier alpha value is -1.46. The van der Waals surface area contributed by atoms with Gasteiger partial charge in [0.2, 0.25) is 0 Å². The molecule has 0 saturated heterocycles. The van der Waals surface area contributed by atoms with Gasteiger partial charge >= 0.3 is 0 Å². The van der Waals surface area contributed by atoms with Crippen molar-refractivity contribution in [2.24, 2.45) is 5.41 Å². The van der Waals surface area contributed by atoms with Gasteiger partial charge < -0.3 is 10.4 Å². The molecule has 0 aliphatic heterocycles. The van der Waals surface area contributed by atoms with Crippen LogP contribution in [0.1, 0.15) is 32.4 Å². The fraction of sp³-hybridized carbons (Fsp3) is 0.538. The third-order valence-electron chi connectivity index (χ3n) is 2.92. The molecule has 1 aromatic carbocycles. The van der Waals surface area contributed by atoms with Crippen molar-refractivity contribution in [3.05, 3.63) is 39.9 Å². The van der Waals surface area contributed by atoms with E-state index in [4.69, 9.17) is 5.11 Å². The van der Waals surface area contributed by atoms with E-state index < -0.39 is 4.92 Å². The van der Waals surface area contributed by atoms with Crippen molar-refractivity contribution in [2.75, 3.05) is 13.2 Å². The van der Waals surface area contributed by atoms with Crippen LogP contribution in [0.5, 0.6) is 0 Å². The normalized spacial score (nSPS) is 13.3. The summed E-state index contributed by atoms with van der Waals surface area (Å²) in [5.41, 5.74) is 0.922. The molecule has 5 heteroatoms. The molecular formula is C13H20N2O3. The fourth-order valence-electron chi connectivity index (χ4n) is 1.49. The number of non-ortho nitro benzene ring substituents is 1. The molecule has 0 heterocycles. The Morgan fingerprint density at radius 2 is 1.94 bits per heavy atom. The number of nitro groups is 1. The molecule has 18 heavy (non-hydrogen) atoms. The van der Waals surface area contributed by atoms with Gasteiger partial charge in [0.25, 0.3) is 5.69 Å². The molecule has 0 aliphatic rings. The maximum Gasteiger partial charge on any atom is 0.269 e. The van der Waals surface area contributed by atoms with Crippen molar-refractivity contribution in [1.29, 1.82) is 0 Å². The van der Waals surface area contributed by atoms with Gasteiger partial charge in [0, 0.05) is 36.7 Å². The molecule has 0 saturated carbocycles. The van der Waals surface area contributed by atoms with Crippen LogP contribution in [-0.2, 0) is 0 Å². The number of nitrogens with zero attached hydrogens (tertiary/aromatic N) is 1. The van der Waals surface area contributed by atoms with Crippen molar-refractivity contribution >= 4 is 5.69 Å². The van der Waals surface area contributed by atoms with Crippen LogP contribution < -0.4 is 5.32 Å². The number of rotatable bonds is 6. The van der Waals surface area contributed by atoms with Gasteiger partial charge in [-0.1, -0.05) is 26.0 Å². The van der Waals surface area contributed by atoms with Gasteiger partial charge in [-0.05, 0) is 12.5 Å². The van der Waals surface area contributed by atoms with Crippen molar-refractivity contribution in [1.82, 2.24) is 5.32 Å². The summed E-state index contributed by atoms with van der Waals surface area (Å²) in [7, 11) is 0. The van der Waals surface area contributed by atoms with Gasteiger partial charge in [-0.3, -0.25) is 10.1 Å². The van der Waals surface area contributed by atoms with Crippen molar-refractivity contribution in [2.45, 2.75) is 26.8 Å². The van der Waals surface area contributed by atoms with Gasteiger partial charge in [0.1, 0.15) is 0 Å². The number of hydrogen-bond donors (Lipinski definition) is 2. The average molecular weight is 252 g/mol. The van der Waals surface area contributed by atoms with Gasteiger partial charge in [0.05, 0.1) is 4.92 Å². The number of nitro benzene ring substituents is 1. The SMILES string of the molecule is CC(NCC(C)(C)CO)c1ccc([N+](=O)[O-])cc1. The molecule has 0 spiro atoms. The molecule has 0 aromatic heterocycles. The molecule has 1 aromatic rings. The molecule has 1 atom stereocenters. The third-order valence-corrected chi connectivity index (χ3v) is 2.92. The second-order valence-corrected chi connectivity index (χ2v) is 5.27. The van der Waals surface area contributed by atoms with Crippen LogP contribution in [0.15, 0.2) is 24.3 Å². The van der Waals surface area contributed by atoms with E-state index in [0.717, 1.165) is 5.56 Å². The summed E-state index contributed by atoms with van der Waals surface area (Å²) in [6.07, 6.45) is 0. The zero-order valence-electron chi connectivity index (χ0n) is 11.0. The molecule has 0 amide bonds. The molecule has 0 aliphatic carbocycles. The van der Waals surface area contributed by atoms with Gasteiger partial charge in [-0.2, -0.15) is 0 Å². The minimum Gasteiger partial charge on any atom is -0.396 e. The lowest BCUT2D eigenvalue weighted by Gasteiger charge is -2.25.